The first-order valence-electron chi connectivity index (χ1n) is 5.78. The SMILES string of the molecule is CC(=O)Oc1cccc2c1-c1ccccc1CO2. The first-order valence-corrected chi connectivity index (χ1v) is 5.78. The Morgan fingerprint density at radius 1 is 1.17 bits per heavy atom. The smallest absolute Gasteiger partial charge is 0.308 e. The second-order valence-corrected chi connectivity index (χ2v) is 4.17. The summed E-state index contributed by atoms with van der Waals surface area (Å²) < 4.78 is 10.9. The fraction of sp³-hybridized carbons (Fsp3) is 0.133. The zero-order valence-corrected chi connectivity index (χ0v) is 9.97. The molecular formula is C15H12O3. The van der Waals surface area contributed by atoms with Gasteiger partial charge in [-0.05, 0) is 23.3 Å². The largest absolute Gasteiger partial charge is 0.488 e. The maximum absolute atomic E-state index is 11.1. The molecule has 0 saturated carbocycles. The average Bonchev–Trinajstić information content (AvgIpc) is 2.38. The van der Waals surface area contributed by atoms with E-state index in [0.717, 1.165) is 22.4 Å². The molecule has 0 amide bonds. The van der Waals surface area contributed by atoms with Crippen molar-refractivity contribution in [2.75, 3.05) is 0 Å². The van der Waals surface area contributed by atoms with E-state index in [4.69, 9.17) is 9.47 Å². The number of esters is 1. The third kappa shape index (κ3) is 1.74. The van der Waals surface area contributed by atoms with Gasteiger partial charge in [-0.15, -0.1) is 0 Å². The van der Waals surface area contributed by atoms with Crippen LogP contribution in [0.1, 0.15) is 12.5 Å². The first-order chi connectivity index (χ1) is 8.75. The van der Waals surface area contributed by atoms with Crippen molar-refractivity contribution in [3.05, 3.63) is 48.0 Å². The Morgan fingerprint density at radius 2 is 2.00 bits per heavy atom. The van der Waals surface area contributed by atoms with Crippen molar-refractivity contribution < 1.29 is 14.3 Å². The van der Waals surface area contributed by atoms with Crippen LogP contribution in [0, 0.1) is 0 Å². The second-order valence-electron chi connectivity index (χ2n) is 4.17. The Bertz CT molecular complexity index is 617. The van der Waals surface area contributed by atoms with E-state index in [1.54, 1.807) is 6.07 Å². The summed E-state index contributed by atoms with van der Waals surface area (Å²) in [4.78, 5) is 11.1. The van der Waals surface area contributed by atoms with Crippen molar-refractivity contribution >= 4 is 5.97 Å². The standard InChI is InChI=1S/C15H12O3/c1-10(16)18-14-8-4-7-13-15(14)12-6-3-2-5-11(12)9-17-13/h2-8H,9H2,1H3. The van der Waals surface area contributed by atoms with E-state index in [9.17, 15) is 4.79 Å². The predicted molar refractivity (Wildman–Crippen MR) is 67.5 cm³/mol. The van der Waals surface area contributed by atoms with Crippen molar-refractivity contribution in [1.82, 2.24) is 0 Å². The summed E-state index contributed by atoms with van der Waals surface area (Å²) in [5.74, 6) is 0.978. The van der Waals surface area contributed by atoms with E-state index in [1.807, 2.05) is 36.4 Å². The summed E-state index contributed by atoms with van der Waals surface area (Å²) >= 11 is 0. The molecule has 0 unspecified atom stereocenters. The van der Waals surface area contributed by atoms with E-state index in [0.29, 0.717) is 12.4 Å². The molecule has 0 saturated heterocycles. The number of carbonyl (C=O) groups excluding carboxylic acids is 1. The lowest BCUT2D eigenvalue weighted by atomic mass is 9.96. The van der Waals surface area contributed by atoms with Gasteiger partial charge in [0.2, 0.25) is 0 Å². The summed E-state index contributed by atoms with van der Waals surface area (Å²) in [5, 5.41) is 0. The van der Waals surface area contributed by atoms with Gasteiger partial charge in [0.15, 0.2) is 0 Å². The van der Waals surface area contributed by atoms with Gasteiger partial charge >= 0.3 is 5.97 Å². The number of fused-ring (bicyclic) bond motifs is 3. The van der Waals surface area contributed by atoms with Gasteiger partial charge in [0.25, 0.3) is 0 Å². The van der Waals surface area contributed by atoms with Crippen molar-refractivity contribution in [2.24, 2.45) is 0 Å². The van der Waals surface area contributed by atoms with Crippen LogP contribution >= 0.6 is 0 Å². The molecule has 0 bridgehead atoms. The maximum atomic E-state index is 11.1. The maximum Gasteiger partial charge on any atom is 0.308 e. The Balaban J connectivity index is 2.21. The Labute approximate surface area is 105 Å². The molecular weight excluding hydrogens is 228 g/mol. The van der Waals surface area contributed by atoms with E-state index in [1.165, 1.54) is 6.92 Å². The van der Waals surface area contributed by atoms with E-state index >= 15 is 0 Å². The van der Waals surface area contributed by atoms with Gasteiger partial charge in [-0.25, -0.2) is 0 Å². The zero-order chi connectivity index (χ0) is 12.5. The number of hydrogen-bond acceptors (Lipinski definition) is 3. The number of ether oxygens (including phenoxy) is 2. The van der Waals surface area contributed by atoms with Gasteiger partial charge in [-0.3, -0.25) is 4.79 Å². The van der Waals surface area contributed by atoms with Crippen LogP contribution in [-0.2, 0) is 11.4 Å². The highest BCUT2D eigenvalue weighted by Crippen LogP contribution is 2.43. The van der Waals surface area contributed by atoms with E-state index in [2.05, 4.69) is 0 Å². The van der Waals surface area contributed by atoms with Gasteiger partial charge in [-0.2, -0.15) is 0 Å². The minimum absolute atomic E-state index is 0.327. The van der Waals surface area contributed by atoms with Crippen LogP contribution in [0.2, 0.25) is 0 Å². The van der Waals surface area contributed by atoms with Crippen LogP contribution in [-0.4, -0.2) is 5.97 Å². The Kier molecular flexibility index (Phi) is 2.52. The lowest BCUT2D eigenvalue weighted by Crippen LogP contribution is -2.08. The highest BCUT2D eigenvalue weighted by atomic mass is 16.5. The van der Waals surface area contributed by atoms with Crippen LogP contribution in [0.15, 0.2) is 42.5 Å². The van der Waals surface area contributed by atoms with Gasteiger partial charge < -0.3 is 9.47 Å². The molecule has 0 N–H and O–H groups in total. The van der Waals surface area contributed by atoms with E-state index in [-0.39, 0.29) is 5.97 Å². The molecule has 2 aromatic rings. The molecule has 3 nitrogen and oxygen atoms in total. The second kappa shape index (κ2) is 4.18. The molecule has 0 aliphatic carbocycles. The first kappa shape index (κ1) is 10.8. The fourth-order valence-electron chi connectivity index (χ4n) is 2.18. The van der Waals surface area contributed by atoms with Crippen molar-refractivity contribution in [3.8, 4) is 22.6 Å². The van der Waals surface area contributed by atoms with Crippen LogP contribution in [0.5, 0.6) is 11.5 Å². The fourth-order valence-corrected chi connectivity index (χ4v) is 2.18. The summed E-state index contributed by atoms with van der Waals surface area (Å²) in [6.07, 6.45) is 0. The third-order valence-electron chi connectivity index (χ3n) is 2.91. The molecule has 0 atom stereocenters. The highest BCUT2D eigenvalue weighted by molar-refractivity contribution is 5.83. The Hall–Kier alpha value is -2.29. The van der Waals surface area contributed by atoms with Crippen molar-refractivity contribution in [3.63, 3.8) is 0 Å². The number of benzene rings is 2. The van der Waals surface area contributed by atoms with Crippen molar-refractivity contribution in [2.45, 2.75) is 13.5 Å². The summed E-state index contributed by atoms with van der Waals surface area (Å²) in [7, 11) is 0. The average molecular weight is 240 g/mol. The van der Waals surface area contributed by atoms with Gasteiger partial charge in [0, 0.05) is 6.92 Å². The molecule has 0 fully saturated rings. The monoisotopic (exact) mass is 240 g/mol. The van der Waals surface area contributed by atoms with Crippen molar-refractivity contribution in [1.29, 1.82) is 0 Å². The van der Waals surface area contributed by atoms with Crippen LogP contribution in [0.3, 0.4) is 0 Å². The molecule has 0 radical (unpaired) electrons. The molecule has 0 aromatic heterocycles. The van der Waals surface area contributed by atoms with E-state index < -0.39 is 0 Å². The molecule has 1 aliphatic rings. The zero-order valence-electron chi connectivity index (χ0n) is 9.97. The minimum atomic E-state index is -0.327. The van der Waals surface area contributed by atoms with Gasteiger partial charge in [0.05, 0.1) is 5.56 Å². The molecule has 90 valence electrons. The minimum Gasteiger partial charge on any atom is -0.488 e. The summed E-state index contributed by atoms with van der Waals surface area (Å²) in [5.41, 5.74) is 3.02. The van der Waals surface area contributed by atoms with Gasteiger partial charge in [-0.1, -0.05) is 30.3 Å². The molecule has 3 heteroatoms. The molecule has 3 rings (SSSR count). The lowest BCUT2D eigenvalue weighted by molar-refractivity contribution is -0.131. The number of carbonyl (C=O) groups is 1. The Morgan fingerprint density at radius 3 is 2.83 bits per heavy atom. The molecule has 1 aliphatic heterocycles. The quantitative estimate of drug-likeness (QED) is 0.567. The molecule has 0 spiro atoms. The van der Waals surface area contributed by atoms with Crippen LogP contribution in [0.25, 0.3) is 11.1 Å². The molecule has 2 aromatic carbocycles. The number of hydrogen-bond donors (Lipinski definition) is 0. The van der Waals surface area contributed by atoms with Crippen LogP contribution in [0.4, 0.5) is 0 Å². The predicted octanol–water partition coefficient (Wildman–Crippen LogP) is 3.17. The number of rotatable bonds is 1. The third-order valence-corrected chi connectivity index (χ3v) is 2.91. The lowest BCUT2D eigenvalue weighted by Gasteiger charge is -2.22. The summed E-state index contributed by atoms with van der Waals surface area (Å²) in [6, 6.07) is 13.5. The topological polar surface area (TPSA) is 35.5 Å². The highest BCUT2D eigenvalue weighted by Gasteiger charge is 2.21. The molecule has 18 heavy (non-hydrogen) atoms. The normalized spacial score (nSPS) is 12.1. The molecule has 1 heterocycles. The van der Waals surface area contributed by atoms with Gasteiger partial charge in [0.1, 0.15) is 18.1 Å². The van der Waals surface area contributed by atoms with Crippen LogP contribution < -0.4 is 9.47 Å². The summed E-state index contributed by atoms with van der Waals surface area (Å²) in [6.45, 7) is 1.95.